The fourth-order valence-corrected chi connectivity index (χ4v) is 4.58. The number of hydrogen-bond donors (Lipinski definition) is 1. The summed E-state index contributed by atoms with van der Waals surface area (Å²) in [5, 5.41) is 0. The van der Waals surface area contributed by atoms with E-state index in [2.05, 4.69) is 20.7 Å². The van der Waals surface area contributed by atoms with Gasteiger partial charge in [0.25, 0.3) is 0 Å². The van der Waals surface area contributed by atoms with Gasteiger partial charge in [0.05, 0.1) is 11.0 Å². The van der Waals surface area contributed by atoms with Gasteiger partial charge in [0, 0.05) is 17.6 Å². The molecule has 4 nitrogen and oxygen atoms in total. The first-order valence-corrected chi connectivity index (χ1v) is 9.73. The second-order valence-corrected chi connectivity index (χ2v) is 7.90. The Kier molecular flexibility index (Phi) is 6.67. The zero-order valence-corrected chi connectivity index (χ0v) is 14.5. The van der Waals surface area contributed by atoms with Crippen molar-refractivity contribution in [2.24, 2.45) is 0 Å². The quantitative estimate of drug-likeness (QED) is 0.742. The molecule has 0 radical (unpaired) electrons. The van der Waals surface area contributed by atoms with Gasteiger partial charge in [-0.25, -0.2) is 13.1 Å². The molecule has 0 bridgehead atoms. The van der Waals surface area contributed by atoms with E-state index in [1.807, 2.05) is 0 Å². The van der Waals surface area contributed by atoms with Crippen LogP contribution in [0.2, 0.25) is 0 Å². The third-order valence-corrected chi connectivity index (χ3v) is 6.12. The van der Waals surface area contributed by atoms with Crippen molar-refractivity contribution in [2.45, 2.75) is 49.5 Å². The van der Waals surface area contributed by atoms with Crippen LogP contribution >= 0.6 is 15.9 Å². The predicted molar refractivity (Wildman–Crippen MR) is 86.8 cm³/mol. The van der Waals surface area contributed by atoms with Crippen molar-refractivity contribution in [1.82, 2.24) is 4.72 Å². The molecule has 2 rings (SSSR count). The van der Waals surface area contributed by atoms with Gasteiger partial charge in [0.1, 0.15) is 0 Å². The van der Waals surface area contributed by atoms with Gasteiger partial charge in [-0.15, -0.1) is 0 Å². The van der Waals surface area contributed by atoms with Gasteiger partial charge in [0.15, 0.2) is 0 Å². The van der Waals surface area contributed by atoms with Crippen LogP contribution in [-0.4, -0.2) is 27.7 Å². The molecule has 0 atom stereocenters. The van der Waals surface area contributed by atoms with Gasteiger partial charge in [-0.1, -0.05) is 31.4 Å². The Morgan fingerprint density at radius 2 is 1.90 bits per heavy atom. The fraction of sp³-hybridized carbons (Fsp3) is 0.600. The minimum atomic E-state index is -3.45. The molecule has 1 fully saturated rings. The van der Waals surface area contributed by atoms with Crippen molar-refractivity contribution >= 4 is 26.0 Å². The summed E-state index contributed by atoms with van der Waals surface area (Å²) in [6.07, 6.45) is 7.16. The summed E-state index contributed by atoms with van der Waals surface area (Å²) in [5.41, 5.74) is 0. The largest absolute Gasteiger partial charge is 0.378 e. The monoisotopic (exact) mass is 375 g/mol. The zero-order valence-electron chi connectivity index (χ0n) is 12.1. The molecule has 0 saturated heterocycles. The first-order chi connectivity index (χ1) is 10.1. The van der Waals surface area contributed by atoms with Crippen molar-refractivity contribution in [2.75, 3.05) is 13.2 Å². The third-order valence-electron chi connectivity index (χ3n) is 3.65. The molecule has 21 heavy (non-hydrogen) atoms. The van der Waals surface area contributed by atoms with Gasteiger partial charge < -0.3 is 4.74 Å². The van der Waals surface area contributed by atoms with Crippen molar-refractivity contribution < 1.29 is 13.2 Å². The van der Waals surface area contributed by atoms with Gasteiger partial charge in [-0.3, -0.25) is 0 Å². The van der Waals surface area contributed by atoms with E-state index in [0.717, 1.165) is 12.8 Å². The average Bonchev–Trinajstić information content (AvgIpc) is 2.48. The topological polar surface area (TPSA) is 55.4 Å². The number of rotatable bonds is 7. The van der Waals surface area contributed by atoms with Crippen LogP contribution in [0.3, 0.4) is 0 Å². The summed E-state index contributed by atoms with van der Waals surface area (Å²) in [6, 6.07) is 6.82. The van der Waals surface area contributed by atoms with Crippen LogP contribution in [0, 0.1) is 0 Å². The zero-order chi connectivity index (χ0) is 15.1. The summed E-state index contributed by atoms with van der Waals surface area (Å²) >= 11 is 3.26. The first kappa shape index (κ1) is 16.9. The maximum Gasteiger partial charge on any atom is 0.241 e. The van der Waals surface area contributed by atoms with Crippen LogP contribution in [0.5, 0.6) is 0 Å². The lowest BCUT2D eigenvalue weighted by Gasteiger charge is -2.21. The lowest BCUT2D eigenvalue weighted by atomic mass is 9.98. The molecule has 1 aromatic carbocycles. The van der Waals surface area contributed by atoms with E-state index >= 15 is 0 Å². The van der Waals surface area contributed by atoms with E-state index in [-0.39, 0.29) is 4.90 Å². The molecular weight excluding hydrogens is 354 g/mol. The van der Waals surface area contributed by atoms with Crippen molar-refractivity contribution in [1.29, 1.82) is 0 Å². The first-order valence-electron chi connectivity index (χ1n) is 7.45. The highest BCUT2D eigenvalue weighted by atomic mass is 79.9. The molecule has 1 aliphatic rings. The second kappa shape index (κ2) is 8.27. The molecule has 1 N–H and O–H groups in total. The maximum absolute atomic E-state index is 12.1. The third kappa shape index (κ3) is 5.36. The van der Waals surface area contributed by atoms with E-state index < -0.39 is 10.0 Å². The SMILES string of the molecule is O=S(=O)(NCCCOC1CCCCC1)c1ccccc1Br. The molecule has 1 aliphatic carbocycles. The standard InChI is InChI=1S/C15H22BrNO3S/c16-14-9-4-5-10-15(14)21(18,19)17-11-6-12-20-13-7-2-1-3-8-13/h4-5,9-10,13,17H,1-3,6-8,11-12H2. The summed E-state index contributed by atoms with van der Waals surface area (Å²) < 4.78 is 33.3. The summed E-state index contributed by atoms with van der Waals surface area (Å²) in [6.45, 7) is 1.01. The number of hydrogen-bond acceptors (Lipinski definition) is 3. The molecule has 1 aromatic rings. The van der Waals surface area contributed by atoms with Gasteiger partial charge in [0.2, 0.25) is 10.0 Å². The Bertz CT molecular complexity index is 542. The molecule has 118 valence electrons. The summed E-state index contributed by atoms with van der Waals surface area (Å²) in [7, 11) is -3.45. The Labute approximate surface area is 135 Å². The Morgan fingerprint density at radius 3 is 2.62 bits per heavy atom. The van der Waals surface area contributed by atoms with Crippen LogP contribution in [0.4, 0.5) is 0 Å². The van der Waals surface area contributed by atoms with Crippen LogP contribution in [-0.2, 0) is 14.8 Å². The lowest BCUT2D eigenvalue weighted by molar-refractivity contribution is 0.0278. The van der Waals surface area contributed by atoms with Crippen LogP contribution < -0.4 is 4.72 Å². The molecule has 0 unspecified atom stereocenters. The second-order valence-electron chi connectivity index (χ2n) is 5.31. The molecule has 6 heteroatoms. The highest BCUT2D eigenvalue weighted by molar-refractivity contribution is 9.10. The fourth-order valence-electron chi connectivity index (χ4n) is 2.50. The van der Waals surface area contributed by atoms with Crippen molar-refractivity contribution in [3.05, 3.63) is 28.7 Å². The van der Waals surface area contributed by atoms with E-state index in [1.165, 1.54) is 19.3 Å². The number of halogens is 1. The van der Waals surface area contributed by atoms with E-state index in [0.29, 0.717) is 30.1 Å². The molecule has 0 aromatic heterocycles. The predicted octanol–water partition coefficient (Wildman–Crippen LogP) is 3.47. The highest BCUT2D eigenvalue weighted by Crippen LogP contribution is 2.21. The molecule has 0 spiro atoms. The normalized spacial score (nSPS) is 17.0. The Balaban J connectivity index is 1.71. The molecule has 0 heterocycles. The van der Waals surface area contributed by atoms with Crippen LogP contribution in [0.25, 0.3) is 0 Å². The molecule has 1 saturated carbocycles. The Hall–Kier alpha value is -0.430. The van der Waals surface area contributed by atoms with Gasteiger partial charge >= 0.3 is 0 Å². The van der Waals surface area contributed by atoms with Crippen molar-refractivity contribution in [3.8, 4) is 0 Å². The van der Waals surface area contributed by atoms with Gasteiger partial charge in [-0.2, -0.15) is 0 Å². The number of sulfonamides is 1. The smallest absolute Gasteiger partial charge is 0.241 e. The van der Waals surface area contributed by atoms with E-state index in [1.54, 1.807) is 24.3 Å². The molecular formula is C15H22BrNO3S. The maximum atomic E-state index is 12.1. The highest BCUT2D eigenvalue weighted by Gasteiger charge is 2.16. The minimum Gasteiger partial charge on any atom is -0.378 e. The number of nitrogens with one attached hydrogen (secondary N) is 1. The molecule has 0 aliphatic heterocycles. The average molecular weight is 376 g/mol. The Morgan fingerprint density at radius 1 is 1.19 bits per heavy atom. The molecule has 0 amide bonds. The summed E-state index contributed by atoms with van der Waals surface area (Å²) in [4.78, 5) is 0.276. The minimum absolute atomic E-state index is 0.276. The number of benzene rings is 1. The number of ether oxygens (including phenoxy) is 1. The van der Waals surface area contributed by atoms with E-state index in [4.69, 9.17) is 4.74 Å². The van der Waals surface area contributed by atoms with Gasteiger partial charge in [-0.05, 0) is 47.3 Å². The summed E-state index contributed by atoms with van der Waals surface area (Å²) in [5.74, 6) is 0. The van der Waals surface area contributed by atoms with E-state index in [9.17, 15) is 8.42 Å². The van der Waals surface area contributed by atoms with Crippen LogP contribution in [0.1, 0.15) is 38.5 Å². The van der Waals surface area contributed by atoms with Crippen molar-refractivity contribution in [3.63, 3.8) is 0 Å². The lowest BCUT2D eigenvalue weighted by Crippen LogP contribution is -2.26. The van der Waals surface area contributed by atoms with Crippen LogP contribution in [0.15, 0.2) is 33.6 Å².